The first-order valence-electron chi connectivity index (χ1n) is 9.76. The van der Waals surface area contributed by atoms with Crippen molar-refractivity contribution in [3.8, 4) is 0 Å². The zero-order chi connectivity index (χ0) is 20.2. The number of ether oxygens (including phenoxy) is 1. The van der Waals surface area contributed by atoms with Crippen LogP contribution in [0, 0.1) is 19.3 Å². The summed E-state index contributed by atoms with van der Waals surface area (Å²) in [5.74, 6) is -1.27. The van der Waals surface area contributed by atoms with Crippen LogP contribution < -0.4 is 5.32 Å². The predicted octanol–water partition coefficient (Wildman–Crippen LogP) is 4.21. The van der Waals surface area contributed by atoms with E-state index in [-0.39, 0.29) is 18.1 Å². The summed E-state index contributed by atoms with van der Waals surface area (Å²) in [6, 6.07) is 2.45. The van der Waals surface area contributed by atoms with Crippen LogP contribution in [0.25, 0.3) is 0 Å². The highest BCUT2D eigenvalue weighted by molar-refractivity contribution is 6.05. The maximum absolute atomic E-state index is 13.9. The maximum atomic E-state index is 13.9. The van der Waals surface area contributed by atoms with Crippen molar-refractivity contribution >= 4 is 17.6 Å². The fourth-order valence-corrected chi connectivity index (χ4v) is 4.34. The number of halogens is 1. The van der Waals surface area contributed by atoms with Crippen molar-refractivity contribution in [2.75, 3.05) is 25.0 Å². The highest BCUT2D eigenvalue weighted by atomic mass is 19.1. The van der Waals surface area contributed by atoms with Gasteiger partial charge in [0.1, 0.15) is 5.82 Å². The topological polar surface area (TPSA) is 55.4 Å². The first-order chi connectivity index (χ1) is 12.8. The molecular weight excluding hydrogens is 347 g/mol. The molecule has 1 saturated carbocycles. The molecule has 0 spiro atoms. The summed E-state index contributed by atoms with van der Waals surface area (Å²) in [6.45, 7) is 13.5. The second-order valence-corrected chi connectivity index (χ2v) is 7.13. The van der Waals surface area contributed by atoms with E-state index in [0.717, 1.165) is 38.4 Å². The molecule has 0 unspecified atom stereocenters. The summed E-state index contributed by atoms with van der Waals surface area (Å²) in [5, 5.41) is 2.95. The van der Waals surface area contributed by atoms with E-state index in [1.54, 1.807) is 13.8 Å². The van der Waals surface area contributed by atoms with E-state index in [2.05, 4.69) is 25.7 Å². The van der Waals surface area contributed by atoms with E-state index in [1.807, 2.05) is 6.92 Å². The molecule has 1 N–H and O–H groups in total. The Morgan fingerprint density at radius 1 is 1.26 bits per heavy atom. The average molecular weight is 378 g/mol. The smallest absolute Gasteiger partial charge is 0.340 e. The van der Waals surface area contributed by atoms with Crippen molar-refractivity contribution in [2.45, 2.75) is 59.4 Å². The van der Waals surface area contributed by atoms with E-state index < -0.39 is 17.3 Å². The molecule has 0 radical (unpaired) electrons. The van der Waals surface area contributed by atoms with Gasteiger partial charge < -0.3 is 14.5 Å². The van der Waals surface area contributed by atoms with E-state index >= 15 is 0 Å². The third-order valence-electron chi connectivity index (χ3n) is 6.11. The molecule has 0 bridgehead atoms. The Hall–Kier alpha value is -1.95. The molecule has 0 aromatic heterocycles. The highest BCUT2D eigenvalue weighted by Gasteiger charge is 2.55. The molecule has 1 aliphatic carbocycles. The molecule has 1 aromatic carbocycles. The first kappa shape index (κ1) is 21.4. The Morgan fingerprint density at radius 2 is 1.89 bits per heavy atom. The molecule has 0 heterocycles. The Morgan fingerprint density at radius 3 is 2.33 bits per heavy atom. The average Bonchev–Trinajstić information content (AvgIpc) is 2.60. The molecule has 0 aliphatic heterocycles. The summed E-state index contributed by atoms with van der Waals surface area (Å²) in [5.41, 5.74) is 0.356. The number of rotatable bonds is 8. The number of hydrogen-bond acceptors (Lipinski definition) is 3. The van der Waals surface area contributed by atoms with Crippen LogP contribution in [-0.2, 0) is 9.53 Å². The Kier molecular flexibility index (Phi) is 6.63. The van der Waals surface area contributed by atoms with Crippen molar-refractivity contribution in [1.29, 1.82) is 0 Å². The number of quaternary nitrogens is 1. The van der Waals surface area contributed by atoms with Gasteiger partial charge in [-0.2, -0.15) is 0 Å². The van der Waals surface area contributed by atoms with Crippen LogP contribution in [0.5, 0.6) is 0 Å². The van der Waals surface area contributed by atoms with E-state index in [1.165, 1.54) is 6.07 Å². The SMILES string of the molecule is C[CH-][N+](CC)(CC)C1(C(=O)Nc2c(C)cc(F)cc2C(=O)OCC)CCC1. The van der Waals surface area contributed by atoms with Crippen molar-refractivity contribution in [3.05, 3.63) is 35.6 Å². The molecule has 1 aromatic rings. The van der Waals surface area contributed by atoms with Crippen LogP contribution in [0.1, 0.15) is 62.9 Å². The minimum Gasteiger partial charge on any atom is -0.462 e. The Bertz CT molecular complexity index is 701. The van der Waals surface area contributed by atoms with Crippen LogP contribution in [0.15, 0.2) is 12.1 Å². The molecular formula is C21H31FN2O3. The van der Waals surface area contributed by atoms with Gasteiger partial charge in [0, 0.05) is 12.8 Å². The van der Waals surface area contributed by atoms with Crippen molar-refractivity contribution in [3.63, 3.8) is 0 Å². The van der Waals surface area contributed by atoms with Gasteiger partial charge in [0.25, 0.3) is 5.91 Å². The summed E-state index contributed by atoms with van der Waals surface area (Å²) < 4.78 is 19.5. The van der Waals surface area contributed by atoms with Crippen molar-refractivity contribution in [1.82, 2.24) is 0 Å². The molecule has 6 heteroatoms. The third kappa shape index (κ3) is 3.59. The summed E-state index contributed by atoms with van der Waals surface area (Å²) >= 11 is 0. The predicted molar refractivity (Wildman–Crippen MR) is 104 cm³/mol. The number of amides is 1. The Labute approximate surface area is 161 Å². The lowest BCUT2D eigenvalue weighted by atomic mass is 9.72. The molecule has 1 amide bonds. The van der Waals surface area contributed by atoms with Crippen molar-refractivity contribution < 1.29 is 23.2 Å². The van der Waals surface area contributed by atoms with Gasteiger partial charge in [-0.3, -0.25) is 4.79 Å². The highest BCUT2D eigenvalue weighted by Crippen LogP contribution is 2.45. The monoisotopic (exact) mass is 378 g/mol. The summed E-state index contributed by atoms with van der Waals surface area (Å²) in [4.78, 5) is 25.7. The normalized spacial score (nSPS) is 15.8. The zero-order valence-corrected chi connectivity index (χ0v) is 17.0. The third-order valence-corrected chi connectivity index (χ3v) is 6.11. The lowest BCUT2D eigenvalue weighted by molar-refractivity contribution is -0.942. The van der Waals surface area contributed by atoms with E-state index in [0.29, 0.717) is 15.7 Å². The number of esters is 1. The molecule has 0 saturated heterocycles. The fraction of sp³-hybridized carbons (Fsp3) is 0.571. The minimum absolute atomic E-state index is 0.0590. The lowest BCUT2D eigenvalue weighted by Gasteiger charge is -2.62. The van der Waals surface area contributed by atoms with Crippen molar-refractivity contribution in [2.24, 2.45) is 0 Å². The van der Waals surface area contributed by atoms with Crippen LogP contribution in [-0.4, -0.2) is 41.6 Å². The number of benzene rings is 1. The molecule has 1 aliphatic rings. The maximum Gasteiger partial charge on any atom is 0.340 e. The van der Waals surface area contributed by atoms with Gasteiger partial charge in [0.2, 0.25) is 0 Å². The fourth-order valence-electron chi connectivity index (χ4n) is 4.34. The lowest BCUT2D eigenvalue weighted by Crippen LogP contribution is -2.70. The molecule has 1 fully saturated rings. The molecule has 5 nitrogen and oxygen atoms in total. The molecule has 2 rings (SSSR count). The van der Waals surface area contributed by atoms with Gasteiger partial charge in [0.05, 0.1) is 30.9 Å². The van der Waals surface area contributed by atoms with E-state index in [9.17, 15) is 14.0 Å². The summed E-state index contributed by atoms with van der Waals surface area (Å²) in [6.07, 6.45) is 2.58. The largest absolute Gasteiger partial charge is 0.462 e. The number of nitrogens with one attached hydrogen (secondary N) is 1. The number of hydrogen-bond donors (Lipinski definition) is 1. The van der Waals surface area contributed by atoms with Crippen LogP contribution in [0.3, 0.4) is 0 Å². The van der Waals surface area contributed by atoms with Crippen LogP contribution >= 0.6 is 0 Å². The number of carbonyl (C=O) groups excluding carboxylic acids is 2. The molecule has 150 valence electrons. The molecule has 0 atom stereocenters. The number of anilines is 1. The van der Waals surface area contributed by atoms with Gasteiger partial charge >= 0.3 is 5.97 Å². The van der Waals surface area contributed by atoms with Gasteiger partial charge in [-0.25, -0.2) is 9.18 Å². The standard InChI is InChI=1S/C21H31FN2O3/c1-6-24(7-2,8-3)21(11-10-12-21)20(26)23-18-15(5)13-16(22)14-17(18)19(25)27-9-4/h6,13-14H,7-12H2,1-5H3,(H,23,26). The molecule has 27 heavy (non-hydrogen) atoms. The van der Waals surface area contributed by atoms with Crippen LogP contribution in [0.2, 0.25) is 0 Å². The summed E-state index contributed by atoms with van der Waals surface area (Å²) in [7, 11) is 0. The number of nitrogens with zero attached hydrogens (tertiary/aromatic N) is 1. The first-order valence-corrected chi connectivity index (χ1v) is 9.76. The van der Waals surface area contributed by atoms with Gasteiger partial charge in [-0.1, -0.05) is 0 Å². The number of carbonyl (C=O) groups is 2. The number of aryl methyl sites for hydroxylation is 1. The Balaban J connectivity index is 2.44. The van der Waals surface area contributed by atoms with Gasteiger partial charge in [0.15, 0.2) is 5.54 Å². The van der Waals surface area contributed by atoms with Gasteiger partial charge in [-0.15, -0.1) is 13.5 Å². The second-order valence-electron chi connectivity index (χ2n) is 7.13. The zero-order valence-electron chi connectivity index (χ0n) is 17.0. The van der Waals surface area contributed by atoms with E-state index in [4.69, 9.17) is 4.74 Å². The van der Waals surface area contributed by atoms with Crippen LogP contribution in [0.4, 0.5) is 10.1 Å². The second kappa shape index (κ2) is 8.38. The minimum atomic E-state index is -0.633. The quantitative estimate of drug-likeness (QED) is 0.419. The number of likely N-dealkylation sites (N-methyl/N-ethyl adjacent to an activating group) is 1. The van der Waals surface area contributed by atoms with Gasteiger partial charge in [-0.05, 0) is 51.8 Å².